The lowest BCUT2D eigenvalue weighted by molar-refractivity contribution is 0.103. The fourth-order valence-corrected chi connectivity index (χ4v) is 2.19. The number of benzene rings is 1. The standard InChI is InChI=1S/C15H13N3O2/c1-20-14-6-9(16)2-3-10(14)15(19)12-8-18-13-4-5-17-7-11(12)13/h2-8,18H,16H2,1H3. The Labute approximate surface area is 115 Å². The molecule has 0 spiro atoms. The van der Waals surface area contributed by atoms with Gasteiger partial charge >= 0.3 is 0 Å². The van der Waals surface area contributed by atoms with E-state index in [-0.39, 0.29) is 5.78 Å². The summed E-state index contributed by atoms with van der Waals surface area (Å²) < 4.78 is 5.23. The molecule has 100 valence electrons. The smallest absolute Gasteiger partial charge is 0.198 e. The Kier molecular flexibility index (Phi) is 2.87. The molecule has 0 amide bonds. The molecule has 0 atom stereocenters. The van der Waals surface area contributed by atoms with E-state index in [1.54, 1.807) is 36.8 Å². The number of nitrogens with one attached hydrogen (secondary N) is 1. The number of hydrogen-bond donors (Lipinski definition) is 2. The van der Waals surface area contributed by atoms with Crippen LogP contribution in [0.2, 0.25) is 0 Å². The van der Waals surface area contributed by atoms with Crippen LogP contribution in [-0.2, 0) is 0 Å². The van der Waals surface area contributed by atoms with Gasteiger partial charge in [0.25, 0.3) is 0 Å². The van der Waals surface area contributed by atoms with Gasteiger partial charge in [-0.1, -0.05) is 0 Å². The molecule has 0 aliphatic heterocycles. The summed E-state index contributed by atoms with van der Waals surface area (Å²) in [6, 6.07) is 6.82. The molecule has 3 aromatic rings. The Bertz CT molecular complexity index is 793. The third-order valence-electron chi connectivity index (χ3n) is 3.20. The first-order chi connectivity index (χ1) is 9.70. The molecule has 0 saturated carbocycles. The number of H-pyrrole nitrogens is 1. The molecule has 0 fully saturated rings. The molecule has 1 aromatic carbocycles. The number of carbonyl (C=O) groups is 1. The highest BCUT2D eigenvalue weighted by Gasteiger charge is 2.18. The van der Waals surface area contributed by atoms with Crippen molar-refractivity contribution in [2.75, 3.05) is 12.8 Å². The number of pyridine rings is 1. The second kappa shape index (κ2) is 4.70. The second-order valence-corrected chi connectivity index (χ2v) is 4.41. The predicted octanol–water partition coefficient (Wildman–Crippen LogP) is 2.38. The Morgan fingerprint density at radius 3 is 2.95 bits per heavy atom. The molecule has 0 aliphatic carbocycles. The van der Waals surface area contributed by atoms with Crippen LogP contribution in [0.1, 0.15) is 15.9 Å². The van der Waals surface area contributed by atoms with Gasteiger partial charge in [-0.15, -0.1) is 0 Å². The summed E-state index contributed by atoms with van der Waals surface area (Å²) in [6.45, 7) is 0. The zero-order valence-corrected chi connectivity index (χ0v) is 10.9. The van der Waals surface area contributed by atoms with Gasteiger partial charge in [0, 0.05) is 46.8 Å². The van der Waals surface area contributed by atoms with Crippen molar-refractivity contribution in [1.82, 2.24) is 9.97 Å². The third kappa shape index (κ3) is 1.89. The molecule has 2 aromatic heterocycles. The maximum atomic E-state index is 12.6. The fourth-order valence-electron chi connectivity index (χ4n) is 2.19. The van der Waals surface area contributed by atoms with Crippen molar-refractivity contribution in [3.05, 3.63) is 54.0 Å². The van der Waals surface area contributed by atoms with Crippen molar-refractivity contribution in [2.24, 2.45) is 0 Å². The average molecular weight is 267 g/mol. The van der Waals surface area contributed by atoms with Gasteiger partial charge in [-0.3, -0.25) is 9.78 Å². The number of rotatable bonds is 3. The number of hydrogen-bond acceptors (Lipinski definition) is 4. The van der Waals surface area contributed by atoms with Crippen molar-refractivity contribution in [1.29, 1.82) is 0 Å². The van der Waals surface area contributed by atoms with E-state index in [0.717, 1.165) is 10.9 Å². The summed E-state index contributed by atoms with van der Waals surface area (Å²) in [6.07, 6.45) is 5.03. The number of aromatic amines is 1. The Morgan fingerprint density at radius 2 is 2.15 bits per heavy atom. The molecular formula is C15H13N3O2. The first kappa shape index (κ1) is 12.2. The van der Waals surface area contributed by atoms with Gasteiger partial charge in [0.2, 0.25) is 0 Å². The Balaban J connectivity index is 2.13. The van der Waals surface area contributed by atoms with Crippen molar-refractivity contribution in [3.8, 4) is 5.75 Å². The van der Waals surface area contributed by atoms with E-state index in [0.29, 0.717) is 22.6 Å². The number of anilines is 1. The van der Waals surface area contributed by atoms with E-state index >= 15 is 0 Å². The van der Waals surface area contributed by atoms with Gasteiger partial charge < -0.3 is 15.5 Å². The molecular weight excluding hydrogens is 254 g/mol. The highest BCUT2D eigenvalue weighted by molar-refractivity contribution is 6.17. The molecule has 3 rings (SSSR count). The minimum Gasteiger partial charge on any atom is -0.496 e. The topological polar surface area (TPSA) is 81.0 Å². The van der Waals surface area contributed by atoms with E-state index in [9.17, 15) is 4.79 Å². The third-order valence-corrected chi connectivity index (χ3v) is 3.20. The van der Waals surface area contributed by atoms with E-state index < -0.39 is 0 Å². The molecule has 0 bridgehead atoms. The van der Waals surface area contributed by atoms with Crippen LogP contribution in [0.15, 0.2) is 42.9 Å². The van der Waals surface area contributed by atoms with Crippen LogP contribution >= 0.6 is 0 Å². The van der Waals surface area contributed by atoms with Crippen LogP contribution in [-0.4, -0.2) is 22.9 Å². The van der Waals surface area contributed by atoms with Crippen LogP contribution in [0.3, 0.4) is 0 Å². The maximum Gasteiger partial charge on any atom is 0.198 e. The molecule has 0 unspecified atom stereocenters. The number of methoxy groups -OCH3 is 1. The molecule has 0 saturated heterocycles. The lowest BCUT2D eigenvalue weighted by Crippen LogP contribution is -2.04. The van der Waals surface area contributed by atoms with E-state index in [1.807, 2.05) is 6.07 Å². The van der Waals surface area contributed by atoms with Crippen LogP contribution in [0.5, 0.6) is 5.75 Å². The van der Waals surface area contributed by atoms with Crippen LogP contribution < -0.4 is 10.5 Å². The summed E-state index contributed by atoms with van der Waals surface area (Å²) in [5, 5.41) is 0.788. The first-order valence-corrected chi connectivity index (χ1v) is 6.10. The molecule has 20 heavy (non-hydrogen) atoms. The van der Waals surface area contributed by atoms with Gasteiger partial charge in [-0.05, 0) is 18.2 Å². The van der Waals surface area contributed by atoms with Crippen molar-refractivity contribution < 1.29 is 9.53 Å². The number of carbonyl (C=O) groups excluding carboxylic acids is 1. The maximum absolute atomic E-state index is 12.6. The minimum absolute atomic E-state index is 0.124. The number of nitrogens with zero attached hydrogens (tertiary/aromatic N) is 1. The predicted molar refractivity (Wildman–Crippen MR) is 76.9 cm³/mol. The number of ketones is 1. The second-order valence-electron chi connectivity index (χ2n) is 4.41. The van der Waals surface area contributed by atoms with Gasteiger partial charge in [-0.2, -0.15) is 0 Å². The SMILES string of the molecule is COc1cc(N)ccc1C(=O)c1c[nH]c2ccncc12. The van der Waals surface area contributed by atoms with Gasteiger partial charge in [0.1, 0.15) is 5.75 Å². The lowest BCUT2D eigenvalue weighted by Gasteiger charge is -2.07. The normalized spacial score (nSPS) is 10.7. The van der Waals surface area contributed by atoms with Gasteiger partial charge in [-0.25, -0.2) is 0 Å². The fraction of sp³-hybridized carbons (Fsp3) is 0.0667. The number of nitrogen functional groups attached to an aromatic ring is 1. The monoisotopic (exact) mass is 267 g/mol. The van der Waals surface area contributed by atoms with Crippen LogP contribution in [0, 0.1) is 0 Å². The zero-order chi connectivity index (χ0) is 14.1. The quantitative estimate of drug-likeness (QED) is 0.564. The summed E-state index contributed by atoms with van der Waals surface area (Å²) in [5.74, 6) is 0.342. The summed E-state index contributed by atoms with van der Waals surface area (Å²) >= 11 is 0. The number of fused-ring (bicyclic) bond motifs is 1. The number of ether oxygens (including phenoxy) is 1. The molecule has 0 aliphatic rings. The Morgan fingerprint density at radius 1 is 1.30 bits per heavy atom. The molecule has 5 heteroatoms. The summed E-state index contributed by atoms with van der Waals surface area (Å²) in [5.41, 5.74) is 8.18. The molecule has 2 heterocycles. The number of aromatic nitrogens is 2. The number of nitrogens with two attached hydrogens (primary N) is 1. The average Bonchev–Trinajstić information content (AvgIpc) is 2.90. The van der Waals surface area contributed by atoms with Crippen molar-refractivity contribution in [2.45, 2.75) is 0 Å². The molecule has 5 nitrogen and oxygen atoms in total. The highest BCUT2D eigenvalue weighted by Crippen LogP contribution is 2.27. The van der Waals surface area contributed by atoms with E-state index in [2.05, 4.69) is 9.97 Å². The first-order valence-electron chi connectivity index (χ1n) is 6.10. The molecule has 3 N–H and O–H groups in total. The van der Waals surface area contributed by atoms with Crippen LogP contribution in [0.25, 0.3) is 10.9 Å². The highest BCUT2D eigenvalue weighted by atomic mass is 16.5. The zero-order valence-electron chi connectivity index (χ0n) is 10.9. The van der Waals surface area contributed by atoms with Gasteiger partial charge in [0.05, 0.1) is 12.7 Å². The molecule has 0 radical (unpaired) electrons. The summed E-state index contributed by atoms with van der Waals surface area (Å²) in [7, 11) is 1.52. The van der Waals surface area contributed by atoms with Crippen LogP contribution in [0.4, 0.5) is 5.69 Å². The summed E-state index contributed by atoms with van der Waals surface area (Å²) in [4.78, 5) is 19.8. The lowest BCUT2D eigenvalue weighted by atomic mass is 10.0. The minimum atomic E-state index is -0.124. The van der Waals surface area contributed by atoms with Crippen molar-refractivity contribution >= 4 is 22.4 Å². The van der Waals surface area contributed by atoms with E-state index in [1.165, 1.54) is 7.11 Å². The van der Waals surface area contributed by atoms with Gasteiger partial charge in [0.15, 0.2) is 5.78 Å². The largest absolute Gasteiger partial charge is 0.496 e. The Hall–Kier alpha value is -2.82. The van der Waals surface area contributed by atoms with Crippen molar-refractivity contribution in [3.63, 3.8) is 0 Å². The van der Waals surface area contributed by atoms with E-state index in [4.69, 9.17) is 10.5 Å².